The molecule has 0 saturated carbocycles. The first-order valence-corrected chi connectivity index (χ1v) is 5.42. The van der Waals surface area contributed by atoms with E-state index in [0.29, 0.717) is 6.29 Å². The monoisotopic (exact) mass is 257 g/mol. The second kappa shape index (κ2) is 6.68. The van der Waals surface area contributed by atoms with Gasteiger partial charge in [-0.15, -0.1) is 0 Å². The predicted molar refractivity (Wildman–Crippen MR) is 60.0 cm³/mol. The first-order chi connectivity index (χ1) is 8.54. The number of hydrogen-bond acceptors (Lipinski definition) is 3. The maximum absolute atomic E-state index is 13.3. The van der Waals surface area contributed by atoms with Crippen LogP contribution in [0.2, 0.25) is 0 Å². The van der Waals surface area contributed by atoms with Crippen molar-refractivity contribution in [3.63, 3.8) is 0 Å². The summed E-state index contributed by atoms with van der Waals surface area (Å²) in [4.78, 5) is 21.1. The SMILES string of the molecule is O=CCCC(=O)NCCc1c(F)cc(O)cc1F. The van der Waals surface area contributed by atoms with Crippen LogP contribution >= 0.6 is 0 Å². The minimum Gasteiger partial charge on any atom is -0.508 e. The molecule has 0 atom stereocenters. The Morgan fingerprint density at radius 1 is 1.33 bits per heavy atom. The third-order valence-electron chi connectivity index (χ3n) is 2.31. The molecule has 0 bridgehead atoms. The fraction of sp³-hybridized carbons (Fsp3) is 0.333. The molecule has 98 valence electrons. The van der Waals surface area contributed by atoms with Gasteiger partial charge in [0.15, 0.2) is 0 Å². The van der Waals surface area contributed by atoms with Gasteiger partial charge in [0.25, 0.3) is 0 Å². The number of rotatable bonds is 6. The van der Waals surface area contributed by atoms with Crippen molar-refractivity contribution in [3.8, 4) is 5.75 Å². The molecule has 0 radical (unpaired) electrons. The van der Waals surface area contributed by atoms with Crippen molar-refractivity contribution in [2.24, 2.45) is 0 Å². The summed E-state index contributed by atoms with van der Waals surface area (Å²) in [6.45, 7) is 0.0658. The van der Waals surface area contributed by atoms with Crippen molar-refractivity contribution >= 4 is 12.2 Å². The number of halogens is 2. The maximum atomic E-state index is 13.3. The zero-order valence-corrected chi connectivity index (χ0v) is 9.58. The lowest BCUT2D eigenvalue weighted by Gasteiger charge is -2.07. The minimum absolute atomic E-state index is 0.0230. The van der Waals surface area contributed by atoms with Crippen LogP contribution in [0.25, 0.3) is 0 Å². The Morgan fingerprint density at radius 3 is 2.50 bits per heavy atom. The van der Waals surface area contributed by atoms with Crippen LogP contribution < -0.4 is 5.32 Å². The Hall–Kier alpha value is -1.98. The highest BCUT2D eigenvalue weighted by Crippen LogP contribution is 2.19. The number of phenols is 1. The average molecular weight is 257 g/mol. The first kappa shape index (κ1) is 14.1. The molecule has 0 fully saturated rings. The molecule has 1 aromatic rings. The van der Waals surface area contributed by atoms with Crippen LogP contribution in [-0.2, 0) is 16.0 Å². The zero-order valence-electron chi connectivity index (χ0n) is 9.58. The summed E-state index contributed by atoms with van der Waals surface area (Å²) in [6.07, 6.45) is 0.779. The maximum Gasteiger partial charge on any atom is 0.220 e. The van der Waals surface area contributed by atoms with Crippen LogP contribution in [0, 0.1) is 11.6 Å². The molecule has 0 aromatic heterocycles. The van der Waals surface area contributed by atoms with E-state index < -0.39 is 17.4 Å². The third-order valence-corrected chi connectivity index (χ3v) is 2.31. The highest BCUT2D eigenvalue weighted by molar-refractivity contribution is 5.78. The van der Waals surface area contributed by atoms with Gasteiger partial charge in [-0.1, -0.05) is 0 Å². The molecule has 0 aliphatic rings. The number of phenolic OH excluding ortho intramolecular Hbond substituents is 1. The van der Waals surface area contributed by atoms with E-state index in [-0.39, 0.29) is 37.3 Å². The molecule has 1 rings (SSSR count). The molecule has 4 nitrogen and oxygen atoms in total. The number of carbonyl (C=O) groups is 2. The molecular weight excluding hydrogens is 244 g/mol. The second-order valence-electron chi connectivity index (χ2n) is 3.69. The highest BCUT2D eigenvalue weighted by atomic mass is 19.1. The summed E-state index contributed by atoms with van der Waals surface area (Å²) < 4.78 is 26.6. The molecule has 0 unspecified atom stereocenters. The van der Waals surface area contributed by atoms with E-state index >= 15 is 0 Å². The van der Waals surface area contributed by atoms with E-state index in [1.54, 1.807) is 0 Å². The fourth-order valence-corrected chi connectivity index (χ4v) is 1.43. The predicted octanol–water partition coefficient (Wildman–Crippen LogP) is 1.31. The quantitative estimate of drug-likeness (QED) is 0.755. The topological polar surface area (TPSA) is 66.4 Å². The summed E-state index contributed by atoms with van der Waals surface area (Å²) in [5, 5.41) is 11.4. The van der Waals surface area contributed by atoms with Crippen molar-refractivity contribution in [1.29, 1.82) is 0 Å². The summed E-state index contributed by atoms with van der Waals surface area (Å²) in [5.74, 6) is -2.53. The molecule has 1 aromatic carbocycles. The molecule has 0 spiro atoms. The molecular formula is C12H13F2NO3. The lowest BCUT2D eigenvalue weighted by Crippen LogP contribution is -2.25. The van der Waals surface area contributed by atoms with Gasteiger partial charge in [0.1, 0.15) is 23.7 Å². The molecule has 2 N–H and O–H groups in total. The van der Waals surface area contributed by atoms with Crippen molar-refractivity contribution in [3.05, 3.63) is 29.3 Å². The van der Waals surface area contributed by atoms with Crippen LogP contribution in [0.4, 0.5) is 8.78 Å². The van der Waals surface area contributed by atoms with Crippen LogP contribution in [0.3, 0.4) is 0 Å². The van der Waals surface area contributed by atoms with Gasteiger partial charge in [-0.2, -0.15) is 0 Å². The summed E-state index contributed by atoms with van der Waals surface area (Å²) >= 11 is 0. The van der Waals surface area contributed by atoms with E-state index in [4.69, 9.17) is 5.11 Å². The number of aldehydes is 1. The summed E-state index contributed by atoms with van der Waals surface area (Å²) in [7, 11) is 0. The minimum atomic E-state index is -0.852. The molecule has 0 saturated heterocycles. The van der Waals surface area contributed by atoms with Crippen LogP contribution in [0.1, 0.15) is 18.4 Å². The van der Waals surface area contributed by atoms with Gasteiger partial charge in [-0.3, -0.25) is 4.79 Å². The van der Waals surface area contributed by atoms with E-state index in [0.717, 1.165) is 12.1 Å². The Morgan fingerprint density at radius 2 is 1.94 bits per heavy atom. The summed E-state index contributed by atoms with van der Waals surface area (Å²) in [6, 6.07) is 1.62. The summed E-state index contributed by atoms with van der Waals surface area (Å²) in [5.41, 5.74) is -0.191. The van der Waals surface area contributed by atoms with Crippen LogP contribution in [0.15, 0.2) is 12.1 Å². The van der Waals surface area contributed by atoms with Gasteiger partial charge >= 0.3 is 0 Å². The Balaban J connectivity index is 2.49. The lowest BCUT2D eigenvalue weighted by molar-refractivity contribution is -0.122. The molecule has 0 aliphatic carbocycles. The van der Waals surface area contributed by atoms with E-state index in [2.05, 4.69) is 5.32 Å². The van der Waals surface area contributed by atoms with Crippen molar-refractivity contribution in [2.45, 2.75) is 19.3 Å². The van der Waals surface area contributed by atoms with Gasteiger partial charge in [-0.05, 0) is 6.42 Å². The number of hydrogen-bond donors (Lipinski definition) is 2. The van der Waals surface area contributed by atoms with E-state index in [1.165, 1.54) is 0 Å². The van der Waals surface area contributed by atoms with Gasteiger partial charge in [-0.25, -0.2) is 8.78 Å². The zero-order chi connectivity index (χ0) is 13.5. The number of nitrogens with one attached hydrogen (secondary N) is 1. The number of benzene rings is 1. The van der Waals surface area contributed by atoms with Gasteiger partial charge in [0, 0.05) is 37.1 Å². The van der Waals surface area contributed by atoms with Gasteiger partial charge < -0.3 is 15.2 Å². The standard InChI is InChI=1S/C12H13F2NO3/c13-10-6-8(17)7-11(14)9(10)3-4-15-12(18)2-1-5-16/h5-7,17H,1-4H2,(H,15,18). The molecule has 18 heavy (non-hydrogen) atoms. The van der Waals surface area contributed by atoms with Gasteiger partial charge in [0.2, 0.25) is 5.91 Å². The molecule has 0 aliphatic heterocycles. The Bertz CT molecular complexity index is 426. The smallest absolute Gasteiger partial charge is 0.220 e. The van der Waals surface area contributed by atoms with Crippen molar-refractivity contribution in [1.82, 2.24) is 5.32 Å². The number of carbonyl (C=O) groups excluding carboxylic acids is 2. The van der Waals surface area contributed by atoms with Crippen LogP contribution in [-0.4, -0.2) is 23.8 Å². The highest BCUT2D eigenvalue weighted by Gasteiger charge is 2.11. The number of amides is 1. The largest absolute Gasteiger partial charge is 0.508 e. The second-order valence-corrected chi connectivity index (χ2v) is 3.69. The van der Waals surface area contributed by atoms with Gasteiger partial charge in [0.05, 0.1) is 0 Å². The van der Waals surface area contributed by atoms with Crippen molar-refractivity contribution in [2.75, 3.05) is 6.54 Å². The van der Waals surface area contributed by atoms with E-state index in [9.17, 15) is 18.4 Å². The molecule has 6 heteroatoms. The Labute approximate surface area is 103 Å². The van der Waals surface area contributed by atoms with Crippen LogP contribution in [0.5, 0.6) is 5.75 Å². The van der Waals surface area contributed by atoms with E-state index in [1.807, 2.05) is 0 Å². The molecule has 1 amide bonds. The Kier molecular flexibility index (Phi) is 5.23. The number of aromatic hydroxyl groups is 1. The normalized spacial score (nSPS) is 10.1. The fourth-order valence-electron chi connectivity index (χ4n) is 1.43. The lowest BCUT2D eigenvalue weighted by atomic mass is 10.1. The third kappa shape index (κ3) is 4.12. The first-order valence-electron chi connectivity index (χ1n) is 5.42. The average Bonchev–Trinajstić information content (AvgIpc) is 2.29. The molecule has 0 heterocycles. The van der Waals surface area contributed by atoms with Crippen molar-refractivity contribution < 1.29 is 23.5 Å².